The molecule has 0 unspecified atom stereocenters. The molecule has 0 aliphatic heterocycles. The molecule has 0 radical (unpaired) electrons. The lowest BCUT2D eigenvalue weighted by Crippen LogP contribution is -2.18. The predicted molar refractivity (Wildman–Crippen MR) is 144 cm³/mol. The van der Waals surface area contributed by atoms with E-state index in [1.54, 1.807) is 37.3 Å². The molecule has 2 aromatic carbocycles. The van der Waals surface area contributed by atoms with Gasteiger partial charge in [-0.25, -0.2) is 14.4 Å². The van der Waals surface area contributed by atoms with Crippen LogP contribution in [0.2, 0.25) is 0 Å². The standard InChI is InChI=1S/C30H34O8/c1-4-5-6-7-8-9-16-34-25-11-10-22-19-26(30(33)38-27(22)20-25)29(32)37-24-14-12-23(13-15-24)35-17-18-36-28(31)21(2)3/h10-15,19-20H,2,4-9,16-18H2,1,3H3. The van der Waals surface area contributed by atoms with Gasteiger partial charge in [-0.3, -0.25) is 0 Å². The maximum atomic E-state index is 12.6. The van der Waals surface area contributed by atoms with Crippen LogP contribution >= 0.6 is 0 Å². The van der Waals surface area contributed by atoms with E-state index in [0.717, 1.165) is 12.8 Å². The average Bonchev–Trinajstić information content (AvgIpc) is 2.90. The monoisotopic (exact) mass is 522 g/mol. The number of rotatable bonds is 15. The van der Waals surface area contributed by atoms with Gasteiger partial charge < -0.3 is 23.4 Å². The van der Waals surface area contributed by atoms with Crippen LogP contribution in [-0.2, 0) is 9.53 Å². The zero-order valence-electron chi connectivity index (χ0n) is 22.0. The van der Waals surface area contributed by atoms with Crippen molar-refractivity contribution >= 4 is 22.9 Å². The van der Waals surface area contributed by atoms with Crippen molar-refractivity contribution in [3.8, 4) is 17.2 Å². The molecule has 0 spiro atoms. The second-order valence-electron chi connectivity index (χ2n) is 8.89. The summed E-state index contributed by atoms with van der Waals surface area (Å²) >= 11 is 0. The zero-order valence-corrected chi connectivity index (χ0v) is 22.0. The lowest BCUT2D eigenvalue weighted by molar-refractivity contribution is -0.139. The van der Waals surface area contributed by atoms with E-state index >= 15 is 0 Å². The minimum atomic E-state index is -0.829. The summed E-state index contributed by atoms with van der Waals surface area (Å²) in [7, 11) is 0. The van der Waals surface area contributed by atoms with Gasteiger partial charge in [0.05, 0.1) is 6.61 Å². The topological polar surface area (TPSA) is 101 Å². The molecule has 3 rings (SSSR count). The largest absolute Gasteiger partial charge is 0.493 e. The highest BCUT2D eigenvalue weighted by molar-refractivity contribution is 5.94. The molecular weight excluding hydrogens is 488 g/mol. The van der Waals surface area contributed by atoms with Crippen molar-refractivity contribution in [1.82, 2.24) is 0 Å². The Hall–Kier alpha value is -4.07. The lowest BCUT2D eigenvalue weighted by Gasteiger charge is -2.09. The van der Waals surface area contributed by atoms with Crippen molar-refractivity contribution in [2.45, 2.75) is 52.4 Å². The highest BCUT2D eigenvalue weighted by Gasteiger charge is 2.17. The summed E-state index contributed by atoms with van der Waals surface area (Å²) in [5.41, 5.74) is -0.352. The number of fused-ring (bicyclic) bond motifs is 1. The third kappa shape index (κ3) is 8.80. The lowest BCUT2D eigenvalue weighted by atomic mass is 10.1. The molecule has 0 N–H and O–H groups in total. The van der Waals surface area contributed by atoms with Crippen molar-refractivity contribution in [3.63, 3.8) is 0 Å². The van der Waals surface area contributed by atoms with Crippen molar-refractivity contribution in [2.24, 2.45) is 0 Å². The number of unbranched alkanes of at least 4 members (excludes halogenated alkanes) is 5. The molecule has 1 aromatic heterocycles. The second-order valence-corrected chi connectivity index (χ2v) is 8.89. The SMILES string of the molecule is C=C(C)C(=O)OCCOc1ccc(OC(=O)c2cc3ccc(OCCCCCCCC)cc3oc2=O)cc1. The highest BCUT2D eigenvalue weighted by atomic mass is 16.6. The molecule has 0 bridgehead atoms. The summed E-state index contributed by atoms with van der Waals surface area (Å²) in [6.07, 6.45) is 7.03. The molecule has 0 saturated carbocycles. The number of carbonyl (C=O) groups is 2. The molecule has 3 aromatic rings. The Morgan fingerprint density at radius 3 is 2.21 bits per heavy atom. The molecule has 8 nitrogen and oxygen atoms in total. The second kappa shape index (κ2) is 14.6. The summed E-state index contributed by atoms with van der Waals surface area (Å²) in [5, 5.41) is 0.583. The van der Waals surface area contributed by atoms with Gasteiger partial charge in [-0.1, -0.05) is 45.6 Å². The number of carbonyl (C=O) groups excluding carboxylic acids is 2. The van der Waals surface area contributed by atoms with Gasteiger partial charge >= 0.3 is 17.6 Å². The van der Waals surface area contributed by atoms with Gasteiger partial charge in [0.25, 0.3) is 0 Å². The van der Waals surface area contributed by atoms with Crippen LogP contribution in [0, 0.1) is 0 Å². The third-order valence-corrected chi connectivity index (χ3v) is 5.66. The first-order valence-electron chi connectivity index (χ1n) is 12.9. The fourth-order valence-corrected chi connectivity index (χ4v) is 3.58. The smallest absolute Gasteiger partial charge is 0.351 e. The number of hydrogen-bond donors (Lipinski definition) is 0. The van der Waals surface area contributed by atoms with Gasteiger partial charge in [0, 0.05) is 17.0 Å². The number of hydrogen-bond acceptors (Lipinski definition) is 8. The van der Waals surface area contributed by atoms with E-state index in [4.69, 9.17) is 23.4 Å². The van der Waals surface area contributed by atoms with Crippen LogP contribution in [0.4, 0.5) is 0 Å². The molecule has 202 valence electrons. The molecule has 1 heterocycles. The molecule has 38 heavy (non-hydrogen) atoms. The summed E-state index contributed by atoms with van der Waals surface area (Å²) in [5.74, 6) is 0.0291. The van der Waals surface area contributed by atoms with E-state index in [1.807, 2.05) is 0 Å². The van der Waals surface area contributed by atoms with Crippen molar-refractivity contribution < 1.29 is 33.0 Å². The quantitative estimate of drug-likeness (QED) is 0.0759. The molecule has 0 aliphatic carbocycles. The molecule has 0 fully saturated rings. The van der Waals surface area contributed by atoms with Gasteiger partial charge in [0.1, 0.15) is 41.6 Å². The van der Waals surface area contributed by atoms with Crippen LogP contribution in [0.25, 0.3) is 11.0 Å². The molecule has 8 heteroatoms. The van der Waals surface area contributed by atoms with Crippen LogP contribution in [0.3, 0.4) is 0 Å². The van der Waals surface area contributed by atoms with E-state index in [-0.39, 0.29) is 24.5 Å². The summed E-state index contributed by atoms with van der Waals surface area (Å²) in [4.78, 5) is 36.5. The van der Waals surface area contributed by atoms with Gasteiger partial charge in [-0.15, -0.1) is 0 Å². The Balaban J connectivity index is 1.52. The first kappa shape index (κ1) is 28.5. The fraction of sp³-hybridized carbons (Fsp3) is 0.367. The number of esters is 2. The van der Waals surface area contributed by atoms with Crippen LogP contribution in [-0.4, -0.2) is 31.8 Å². The van der Waals surface area contributed by atoms with E-state index < -0.39 is 17.6 Å². The Bertz CT molecular complexity index is 1290. The van der Waals surface area contributed by atoms with Crippen LogP contribution < -0.4 is 19.8 Å². The van der Waals surface area contributed by atoms with Gasteiger partial charge in [0.2, 0.25) is 0 Å². The number of ether oxygens (including phenoxy) is 4. The Labute approximate surface area is 222 Å². The Kier molecular flexibility index (Phi) is 11.0. The molecule has 0 atom stereocenters. The van der Waals surface area contributed by atoms with Crippen molar-refractivity contribution in [1.29, 1.82) is 0 Å². The van der Waals surface area contributed by atoms with Crippen LogP contribution in [0.15, 0.2) is 69.9 Å². The average molecular weight is 523 g/mol. The molecule has 0 saturated heterocycles. The molecular formula is C30H34O8. The van der Waals surface area contributed by atoms with Gasteiger partial charge in [-0.2, -0.15) is 0 Å². The van der Waals surface area contributed by atoms with Crippen molar-refractivity contribution in [2.75, 3.05) is 19.8 Å². The molecule has 0 amide bonds. The number of benzene rings is 2. The van der Waals surface area contributed by atoms with Crippen LogP contribution in [0.1, 0.15) is 62.7 Å². The normalized spacial score (nSPS) is 10.7. The summed E-state index contributed by atoms with van der Waals surface area (Å²) < 4.78 is 26.9. The van der Waals surface area contributed by atoms with Gasteiger partial charge in [-0.05, 0) is 55.8 Å². The van der Waals surface area contributed by atoms with Crippen molar-refractivity contribution in [3.05, 3.63) is 76.7 Å². The third-order valence-electron chi connectivity index (χ3n) is 5.66. The van der Waals surface area contributed by atoms with Gasteiger partial charge in [0.15, 0.2) is 0 Å². The molecule has 0 aliphatic rings. The fourth-order valence-electron chi connectivity index (χ4n) is 3.58. The highest BCUT2D eigenvalue weighted by Crippen LogP contribution is 2.22. The summed E-state index contributed by atoms with van der Waals surface area (Å²) in [6, 6.07) is 12.9. The van der Waals surface area contributed by atoms with E-state index in [9.17, 15) is 14.4 Å². The first-order chi connectivity index (χ1) is 18.4. The van der Waals surface area contributed by atoms with E-state index in [2.05, 4.69) is 13.5 Å². The minimum Gasteiger partial charge on any atom is -0.493 e. The van der Waals surface area contributed by atoms with Crippen LogP contribution in [0.5, 0.6) is 17.2 Å². The maximum Gasteiger partial charge on any atom is 0.351 e. The first-order valence-corrected chi connectivity index (χ1v) is 12.9. The van der Waals surface area contributed by atoms with E-state index in [1.165, 1.54) is 43.9 Å². The minimum absolute atomic E-state index is 0.0763. The van der Waals surface area contributed by atoms with E-state index in [0.29, 0.717) is 34.6 Å². The maximum absolute atomic E-state index is 12.6. The predicted octanol–water partition coefficient (Wildman–Crippen LogP) is 6.25. The Morgan fingerprint density at radius 2 is 1.47 bits per heavy atom. The summed E-state index contributed by atoms with van der Waals surface area (Å²) in [6.45, 7) is 8.09. The Morgan fingerprint density at radius 1 is 0.816 bits per heavy atom. The zero-order chi connectivity index (χ0) is 27.3.